The van der Waals surface area contributed by atoms with Crippen molar-refractivity contribution in [2.45, 2.75) is 34.1 Å². The largest absolute Gasteiger partial charge is 3.00 e. The van der Waals surface area contributed by atoms with Crippen molar-refractivity contribution in [3.05, 3.63) is 95.8 Å². The smallest absolute Gasteiger partial charge is 0.542 e. The Hall–Kier alpha value is -4.47. The molecule has 0 saturated carbocycles. The molecule has 0 atom stereocenters. The van der Waals surface area contributed by atoms with Gasteiger partial charge in [-0.25, -0.2) is 19.9 Å². The van der Waals surface area contributed by atoms with Gasteiger partial charge in [0.05, 0.1) is 17.8 Å². The van der Waals surface area contributed by atoms with Gasteiger partial charge in [0.15, 0.2) is 11.6 Å². The third-order valence-electron chi connectivity index (χ3n) is 4.71. The molecule has 2 aromatic carbocycles. The SMILES string of the molecule is CC(=O)CC(C)=O.Cc1cc(-c2ccccc2)nc(C(=O)[O-])n1.Cc1cc(-c2ccccc2)nc(C(=O)[O-])n1.[Ir+3]. The van der Waals surface area contributed by atoms with Crippen LogP contribution in [0.2, 0.25) is 0 Å². The average Bonchev–Trinajstić information content (AvgIpc) is 2.89. The summed E-state index contributed by atoms with van der Waals surface area (Å²) in [6.45, 7) is 6.25. The molecule has 0 amide bonds. The van der Waals surface area contributed by atoms with E-state index in [0.29, 0.717) is 22.8 Å². The Morgan fingerprint density at radius 1 is 0.600 bits per heavy atom. The number of hydrogen-bond donors (Lipinski definition) is 0. The number of aryl methyl sites for hydroxylation is 2. The van der Waals surface area contributed by atoms with Gasteiger partial charge in [-0.05, 0) is 39.8 Å². The number of carboxylic acids is 2. The standard InChI is InChI=1S/2C12H10N2O2.C5H8O2.Ir/c2*1-8-7-10(9-5-3-2-4-6-9)14-11(13-8)12(15)16;1-4(6)3-5(2)7;/h2*2-7H,1H3,(H,15,16);3H2,1-2H3;/q;;;+3/p-2. The predicted molar refractivity (Wildman–Crippen MR) is 139 cm³/mol. The van der Waals surface area contributed by atoms with Crippen molar-refractivity contribution in [3.8, 4) is 22.5 Å². The summed E-state index contributed by atoms with van der Waals surface area (Å²) in [5, 5.41) is 21.4. The average molecular weight is 719 g/mol. The zero-order valence-electron chi connectivity index (χ0n) is 22.2. The van der Waals surface area contributed by atoms with Crippen LogP contribution in [0.1, 0.15) is 52.9 Å². The maximum Gasteiger partial charge on any atom is 3.00 e. The van der Waals surface area contributed by atoms with Crippen LogP contribution in [0, 0.1) is 13.8 Å². The molecule has 0 bridgehead atoms. The monoisotopic (exact) mass is 719 g/mol. The van der Waals surface area contributed by atoms with Gasteiger partial charge in [0, 0.05) is 22.5 Å². The first-order valence-electron chi connectivity index (χ1n) is 11.7. The molecule has 206 valence electrons. The number of carbonyl (C=O) groups excluding carboxylic acids is 4. The molecule has 2 heterocycles. The van der Waals surface area contributed by atoms with Gasteiger partial charge in [0.2, 0.25) is 0 Å². The second kappa shape index (κ2) is 16.5. The van der Waals surface area contributed by atoms with E-state index in [1.54, 1.807) is 26.0 Å². The Labute approximate surface area is 244 Å². The van der Waals surface area contributed by atoms with E-state index in [-0.39, 0.29) is 49.7 Å². The molecule has 0 aliphatic rings. The van der Waals surface area contributed by atoms with Crippen molar-refractivity contribution < 1.29 is 49.5 Å². The van der Waals surface area contributed by atoms with Crippen LogP contribution in [0.15, 0.2) is 72.8 Å². The number of nitrogens with zero attached hydrogens (tertiary/aromatic N) is 4. The molecule has 0 spiro atoms. The minimum Gasteiger partial charge on any atom is -0.542 e. The second-order valence-electron chi connectivity index (χ2n) is 8.32. The molecular formula is C29H26IrN4O6+. The van der Waals surface area contributed by atoms with Crippen molar-refractivity contribution in [2.24, 2.45) is 0 Å². The molecule has 0 N–H and O–H groups in total. The number of ketones is 2. The van der Waals surface area contributed by atoms with Gasteiger partial charge in [0.1, 0.15) is 23.5 Å². The summed E-state index contributed by atoms with van der Waals surface area (Å²) in [4.78, 5) is 56.9. The van der Waals surface area contributed by atoms with Crippen LogP contribution in [-0.4, -0.2) is 43.4 Å². The second-order valence-corrected chi connectivity index (χ2v) is 8.32. The van der Waals surface area contributed by atoms with Crippen LogP contribution in [0.3, 0.4) is 0 Å². The van der Waals surface area contributed by atoms with Gasteiger partial charge in [-0.15, -0.1) is 0 Å². The molecule has 0 aliphatic heterocycles. The summed E-state index contributed by atoms with van der Waals surface area (Å²) in [6, 6.07) is 22.2. The predicted octanol–water partition coefficient (Wildman–Crippen LogP) is 2.18. The fourth-order valence-electron chi connectivity index (χ4n) is 3.18. The molecule has 11 heteroatoms. The van der Waals surface area contributed by atoms with Crippen molar-refractivity contribution in [3.63, 3.8) is 0 Å². The first-order chi connectivity index (χ1) is 18.5. The number of aromatic carboxylic acids is 2. The van der Waals surface area contributed by atoms with E-state index in [4.69, 9.17) is 0 Å². The molecule has 0 radical (unpaired) electrons. The molecule has 2 aromatic heterocycles. The van der Waals surface area contributed by atoms with Crippen LogP contribution in [0.5, 0.6) is 0 Å². The van der Waals surface area contributed by atoms with Crippen molar-refractivity contribution in [1.82, 2.24) is 19.9 Å². The first-order valence-corrected chi connectivity index (χ1v) is 11.7. The molecule has 4 rings (SSSR count). The number of hydrogen-bond acceptors (Lipinski definition) is 10. The molecule has 4 aromatic rings. The Balaban J connectivity index is 0.000000320. The topological polar surface area (TPSA) is 166 Å². The maximum atomic E-state index is 10.7. The number of carbonyl (C=O) groups is 4. The van der Waals surface area contributed by atoms with Crippen molar-refractivity contribution in [1.29, 1.82) is 0 Å². The molecular weight excluding hydrogens is 693 g/mol. The van der Waals surface area contributed by atoms with Crippen molar-refractivity contribution in [2.75, 3.05) is 0 Å². The van der Waals surface area contributed by atoms with E-state index in [1.165, 1.54) is 13.8 Å². The number of rotatable bonds is 6. The third-order valence-corrected chi connectivity index (χ3v) is 4.71. The molecule has 0 fully saturated rings. The third kappa shape index (κ3) is 11.5. The maximum absolute atomic E-state index is 10.7. The molecule has 0 saturated heterocycles. The van der Waals surface area contributed by atoms with Crippen LogP contribution in [0.25, 0.3) is 22.5 Å². The Morgan fingerprint density at radius 3 is 1.18 bits per heavy atom. The normalized spacial score (nSPS) is 9.50. The van der Waals surface area contributed by atoms with E-state index < -0.39 is 11.9 Å². The van der Waals surface area contributed by atoms with E-state index in [9.17, 15) is 29.4 Å². The van der Waals surface area contributed by atoms with Gasteiger partial charge < -0.3 is 19.8 Å². The summed E-state index contributed by atoms with van der Waals surface area (Å²) in [5.41, 5.74) is 4.10. The van der Waals surface area contributed by atoms with E-state index in [0.717, 1.165) is 11.1 Å². The van der Waals surface area contributed by atoms with E-state index in [1.807, 2.05) is 60.7 Å². The number of aromatic nitrogens is 4. The van der Waals surface area contributed by atoms with Gasteiger partial charge in [-0.3, -0.25) is 9.59 Å². The van der Waals surface area contributed by atoms with Gasteiger partial charge in [-0.2, -0.15) is 0 Å². The Morgan fingerprint density at radius 2 is 0.925 bits per heavy atom. The molecule has 40 heavy (non-hydrogen) atoms. The minimum absolute atomic E-state index is 0. The van der Waals surface area contributed by atoms with E-state index in [2.05, 4.69) is 19.9 Å². The summed E-state index contributed by atoms with van der Waals surface area (Å²) in [5.74, 6) is -3.40. The molecule has 0 unspecified atom stereocenters. The van der Waals surface area contributed by atoms with Crippen molar-refractivity contribution >= 4 is 23.5 Å². The quantitative estimate of drug-likeness (QED) is 0.270. The first kappa shape index (κ1) is 33.6. The van der Waals surface area contributed by atoms with Gasteiger partial charge in [-0.1, -0.05) is 60.7 Å². The summed E-state index contributed by atoms with van der Waals surface area (Å²) >= 11 is 0. The van der Waals surface area contributed by atoms with Crippen LogP contribution in [-0.2, 0) is 29.7 Å². The number of Topliss-reactive ketones (excluding diaryl/α,β-unsaturated/α-hetero) is 2. The number of benzene rings is 2. The summed E-state index contributed by atoms with van der Waals surface area (Å²) in [7, 11) is 0. The Kier molecular flexibility index (Phi) is 13.8. The minimum atomic E-state index is -1.36. The number of carboxylic acid groups (broad SMARTS) is 2. The van der Waals surface area contributed by atoms with E-state index >= 15 is 0 Å². The fraction of sp³-hybridized carbons (Fsp3) is 0.172. The van der Waals surface area contributed by atoms with Gasteiger partial charge in [0.25, 0.3) is 0 Å². The van der Waals surface area contributed by atoms with Crippen LogP contribution in [0.4, 0.5) is 0 Å². The summed E-state index contributed by atoms with van der Waals surface area (Å²) < 4.78 is 0. The van der Waals surface area contributed by atoms with Crippen LogP contribution >= 0.6 is 0 Å². The zero-order valence-corrected chi connectivity index (χ0v) is 24.6. The Bertz CT molecular complexity index is 1350. The van der Waals surface area contributed by atoms with Crippen LogP contribution < -0.4 is 10.2 Å². The molecule has 0 aliphatic carbocycles. The molecule has 10 nitrogen and oxygen atoms in total. The summed E-state index contributed by atoms with van der Waals surface area (Å²) in [6.07, 6.45) is 0.0833. The van der Waals surface area contributed by atoms with Gasteiger partial charge >= 0.3 is 20.1 Å². The zero-order chi connectivity index (χ0) is 28.9. The fourth-order valence-corrected chi connectivity index (χ4v) is 3.18.